The third-order valence-electron chi connectivity index (χ3n) is 5.42. The Morgan fingerprint density at radius 2 is 1.83 bits per heavy atom. The van der Waals surface area contributed by atoms with Crippen LogP contribution in [0, 0.1) is 0 Å². The summed E-state index contributed by atoms with van der Waals surface area (Å²) in [5.74, 6) is 0.0944. The second-order valence-electron chi connectivity index (χ2n) is 7.53. The first-order valence-corrected chi connectivity index (χ1v) is 11.9. The molecule has 3 rings (SSSR count). The maximum Gasteiger partial charge on any atom is 0.409 e. The Balaban J connectivity index is 1.62. The van der Waals surface area contributed by atoms with Crippen LogP contribution in [0.3, 0.4) is 0 Å². The molecule has 0 bridgehead atoms. The number of amides is 2. The molecule has 0 saturated carbocycles. The van der Waals surface area contributed by atoms with Crippen LogP contribution in [-0.4, -0.2) is 92.0 Å². The van der Waals surface area contributed by atoms with Gasteiger partial charge < -0.3 is 14.5 Å². The summed E-state index contributed by atoms with van der Waals surface area (Å²) in [5, 5.41) is 0. The van der Waals surface area contributed by atoms with Crippen molar-refractivity contribution in [3.05, 3.63) is 35.9 Å². The van der Waals surface area contributed by atoms with Gasteiger partial charge in [-0.05, 0) is 18.9 Å². The van der Waals surface area contributed by atoms with E-state index in [9.17, 15) is 18.0 Å². The van der Waals surface area contributed by atoms with Crippen LogP contribution in [0.15, 0.2) is 30.3 Å². The van der Waals surface area contributed by atoms with Crippen LogP contribution in [0.5, 0.6) is 0 Å². The summed E-state index contributed by atoms with van der Waals surface area (Å²) in [5.41, 5.74) is 0.984. The molecule has 2 amide bonds. The van der Waals surface area contributed by atoms with E-state index >= 15 is 0 Å². The van der Waals surface area contributed by atoms with Gasteiger partial charge in [-0.1, -0.05) is 30.3 Å². The van der Waals surface area contributed by atoms with Crippen molar-refractivity contribution in [2.45, 2.75) is 25.9 Å². The Morgan fingerprint density at radius 1 is 1.14 bits per heavy atom. The molecule has 2 saturated heterocycles. The minimum absolute atomic E-state index is 0.0300. The number of ether oxygens (including phenoxy) is 1. The van der Waals surface area contributed by atoms with Crippen molar-refractivity contribution in [1.29, 1.82) is 0 Å². The molecule has 9 heteroatoms. The first-order valence-electron chi connectivity index (χ1n) is 10.1. The number of hydrogen-bond acceptors (Lipinski definition) is 6. The highest BCUT2D eigenvalue weighted by molar-refractivity contribution is 7.91. The molecule has 2 fully saturated rings. The zero-order valence-electron chi connectivity index (χ0n) is 16.8. The molecule has 0 aromatic heterocycles. The standard InChI is InChI=1S/C20H29N3O5S/c1-2-28-20(25)22-11-9-21(10-12-22)15-19(24)23(14-17-6-4-3-5-7-17)18-8-13-29(26,27)16-18/h3-7,18H,2,8-16H2,1H3/t18-/m1/s1. The third-order valence-corrected chi connectivity index (χ3v) is 7.17. The first-order chi connectivity index (χ1) is 13.9. The van der Waals surface area contributed by atoms with E-state index < -0.39 is 9.84 Å². The number of rotatable bonds is 6. The van der Waals surface area contributed by atoms with E-state index in [1.807, 2.05) is 35.2 Å². The second-order valence-corrected chi connectivity index (χ2v) is 9.75. The quantitative estimate of drug-likeness (QED) is 0.678. The number of nitrogens with zero attached hydrogens (tertiary/aromatic N) is 3. The van der Waals surface area contributed by atoms with Gasteiger partial charge in [0, 0.05) is 38.8 Å². The average molecular weight is 424 g/mol. The van der Waals surface area contributed by atoms with E-state index in [-0.39, 0.29) is 36.1 Å². The summed E-state index contributed by atoms with van der Waals surface area (Å²) >= 11 is 0. The Kier molecular flexibility index (Phi) is 7.13. The summed E-state index contributed by atoms with van der Waals surface area (Å²) in [6.45, 7) is 4.96. The van der Waals surface area contributed by atoms with Gasteiger partial charge in [-0.15, -0.1) is 0 Å². The minimum Gasteiger partial charge on any atom is -0.450 e. The highest BCUT2D eigenvalue weighted by Gasteiger charge is 2.35. The van der Waals surface area contributed by atoms with Crippen LogP contribution in [0.1, 0.15) is 18.9 Å². The number of piperazine rings is 1. The lowest BCUT2D eigenvalue weighted by Gasteiger charge is -2.36. The molecule has 0 N–H and O–H groups in total. The van der Waals surface area contributed by atoms with Crippen LogP contribution in [0.2, 0.25) is 0 Å². The van der Waals surface area contributed by atoms with Gasteiger partial charge in [-0.2, -0.15) is 0 Å². The summed E-state index contributed by atoms with van der Waals surface area (Å²) in [7, 11) is -3.09. The zero-order valence-corrected chi connectivity index (χ0v) is 17.6. The maximum atomic E-state index is 13.1. The molecule has 1 aromatic rings. The van der Waals surface area contributed by atoms with Crippen LogP contribution >= 0.6 is 0 Å². The molecule has 8 nitrogen and oxygen atoms in total. The Morgan fingerprint density at radius 3 is 2.41 bits per heavy atom. The molecular weight excluding hydrogens is 394 g/mol. The van der Waals surface area contributed by atoms with Crippen molar-refractivity contribution in [2.24, 2.45) is 0 Å². The van der Waals surface area contributed by atoms with E-state index in [0.29, 0.717) is 45.8 Å². The Labute approximate surface area is 172 Å². The van der Waals surface area contributed by atoms with Gasteiger partial charge in [0.05, 0.1) is 24.7 Å². The van der Waals surface area contributed by atoms with Crippen LogP contribution in [0.4, 0.5) is 4.79 Å². The normalized spacial score (nSPS) is 21.7. The molecule has 1 aromatic carbocycles. The van der Waals surface area contributed by atoms with Crippen molar-refractivity contribution >= 4 is 21.8 Å². The van der Waals surface area contributed by atoms with Crippen molar-refractivity contribution in [1.82, 2.24) is 14.7 Å². The van der Waals surface area contributed by atoms with Crippen molar-refractivity contribution in [2.75, 3.05) is 50.8 Å². The molecule has 1 atom stereocenters. The lowest BCUT2D eigenvalue weighted by molar-refractivity contribution is -0.135. The van der Waals surface area contributed by atoms with Crippen LogP contribution in [0.25, 0.3) is 0 Å². The van der Waals surface area contributed by atoms with Crippen LogP contribution < -0.4 is 0 Å². The van der Waals surface area contributed by atoms with Gasteiger partial charge in [0.25, 0.3) is 0 Å². The van der Waals surface area contributed by atoms with Crippen molar-refractivity contribution < 1.29 is 22.7 Å². The number of benzene rings is 1. The van der Waals surface area contributed by atoms with Crippen molar-refractivity contribution in [3.8, 4) is 0 Å². The van der Waals surface area contributed by atoms with E-state index in [4.69, 9.17) is 4.74 Å². The molecule has 2 aliphatic heterocycles. The predicted octanol–water partition coefficient (Wildman–Crippen LogP) is 0.976. The molecule has 0 spiro atoms. The van der Waals surface area contributed by atoms with E-state index in [0.717, 1.165) is 5.56 Å². The Hall–Kier alpha value is -2.13. The van der Waals surface area contributed by atoms with Gasteiger partial charge in [0.2, 0.25) is 5.91 Å². The van der Waals surface area contributed by atoms with Crippen molar-refractivity contribution in [3.63, 3.8) is 0 Å². The molecule has 0 radical (unpaired) electrons. The van der Waals surface area contributed by atoms with Gasteiger partial charge in [0.15, 0.2) is 9.84 Å². The topological polar surface area (TPSA) is 87.2 Å². The van der Waals surface area contributed by atoms with Crippen LogP contribution in [-0.2, 0) is 25.9 Å². The highest BCUT2D eigenvalue weighted by atomic mass is 32.2. The number of carbonyl (C=O) groups excluding carboxylic acids is 2. The van der Waals surface area contributed by atoms with E-state index in [2.05, 4.69) is 0 Å². The summed E-state index contributed by atoms with van der Waals surface area (Å²) in [4.78, 5) is 30.3. The lowest BCUT2D eigenvalue weighted by atomic mass is 10.1. The molecule has 160 valence electrons. The summed E-state index contributed by atoms with van der Waals surface area (Å²) in [6, 6.07) is 9.35. The fraction of sp³-hybridized carbons (Fsp3) is 0.600. The summed E-state index contributed by atoms with van der Waals surface area (Å²) < 4.78 is 29.0. The van der Waals surface area contributed by atoms with Gasteiger partial charge in [-0.3, -0.25) is 9.69 Å². The minimum atomic E-state index is -3.09. The van der Waals surface area contributed by atoms with Gasteiger partial charge in [0.1, 0.15) is 0 Å². The third kappa shape index (κ3) is 5.93. The second kappa shape index (κ2) is 9.58. The number of hydrogen-bond donors (Lipinski definition) is 0. The fourth-order valence-corrected chi connectivity index (χ4v) is 5.54. The molecule has 29 heavy (non-hydrogen) atoms. The number of sulfone groups is 1. The Bertz CT molecular complexity index is 807. The van der Waals surface area contributed by atoms with Gasteiger partial charge >= 0.3 is 6.09 Å². The largest absolute Gasteiger partial charge is 0.450 e. The van der Waals surface area contributed by atoms with Gasteiger partial charge in [-0.25, -0.2) is 13.2 Å². The first kappa shape index (κ1) is 21.6. The molecule has 2 aliphatic rings. The predicted molar refractivity (Wildman–Crippen MR) is 109 cm³/mol. The lowest BCUT2D eigenvalue weighted by Crippen LogP contribution is -2.52. The molecule has 0 unspecified atom stereocenters. The molecule has 2 heterocycles. The fourth-order valence-electron chi connectivity index (χ4n) is 3.81. The van der Waals surface area contributed by atoms with E-state index in [1.165, 1.54) is 0 Å². The number of carbonyl (C=O) groups is 2. The molecular formula is C20H29N3O5S. The maximum absolute atomic E-state index is 13.1. The average Bonchev–Trinajstić information content (AvgIpc) is 3.07. The highest BCUT2D eigenvalue weighted by Crippen LogP contribution is 2.21. The smallest absolute Gasteiger partial charge is 0.409 e. The SMILES string of the molecule is CCOC(=O)N1CCN(CC(=O)N(Cc2ccccc2)[C@@H]2CCS(=O)(=O)C2)CC1. The van der Waals surface area contributed by atoms with E-state index in [1.54, 1.807) is 16.7 Å². The monoisotopic (exact) mass is 423 g/mol. The zero-order chi connectivity index (χ0) is 20.9. The summed E-state index contributed by atoms with van der Waals surface area (Å²) in [6.07, 6.45) is 0.165. The molecule has 0 aliphatic carbocycles.